The molecule has 1 unspecified atom stereocenters. The Morgan fingerprint density at radius 1 is 0.612 bits per heavy atom. The fraction of sp³-hybridized carbons (Fsp3) is 0.676. The summed E-state index contributed by atoms with van der Waals surface area (Å²) in [7, 11) is 0. The van der Waals surface area contributed by atoms with Gasteiger partial charge in [-0.25, -0.2) is 9.59 Å². The summed E-state index contributed by atoms with van der Waals surface area (Å²) in [5.74, 6) is -2.27. The van der Waals surface area contributed by atoms with Gasteiger partial charge in [0.2, 0.25) is 0 Å². The molecule has 12 nitrogen and oxygen atoms in total. The number of esters is 1. The molecule has 0 aromatic heterocycles. The Bertz CT molecular complexity index is 771. The van der Waals surface area contributed by atoms with Crippen molar-refractivity contribution in [3.63, 3.8) is 0 Å². The molecule has 0 bridgehead atoms. The molecule has 0 radical (unpaired) electrons. The molecule has 0 aliphatic rings. The van der Waals surface area contributed by atoms with Crippen molar-refractivity contribution in [3.8, 4) is 5.75 Å². The van der Waals surface area contributed by atoms with E-state index in [1.165, 1.54) is 26.2 Å². The monoisotopic (exact) mass is 709 g/mol. The van der Waals surface area contributed by atoms with Crippen molar-refractivity contribution in [2.24, 2.45) is 0 Å². The van der Waals surface area contributed by atoms with Crippen LogP contribution in [0.4, 0.5) is 0 Å². The number of unbranched alkanes of at least 4 members (excludes halogenated alkanes) is 6. The molecule has 0 spiro atoms. The summed E-state index contributed by atoms with van der Waals surface area (Å²) < 4.78 is 11.4. The predicted octanol–water partition coefficient (Wildman–Crippen LogP) is 6.06. The minimum atomic E-state index is -1.49. The van der Waals surface area contributed by atoms with Gasteiger partial charge in [-0.3, -0.25) is 4.89 Å². The normalized spacial score (nSPS) is 10.1. The lowest BCUT2D eigenvalue weighted by atomic mass is 10.0. The number of carbonyl (C=O) groups is 2. The van der Waals surface area contributed by atoms with Crippen LogP contribution in [0.2, 0.25) is 0 Å². The van der Waals surface area contributed by atoms with E-state index in [9.17, 15) is 9.59 Å². The fourth-order valence-electron chi connectivity index (χ4n) is 2.77. The quantitative estimate of drug-likeness (QED) is 0.0291. The maximum Gasteiger partial charge on any atom is 0.368 e. The molecule has 292 valence electrons. The van der Waals surface area contributed by atoms with Crippen LogP contribution in [0.1, 0.15) is 114 Å². The van der Waals surface area contributed by atoms with Crippen LogP contribution in [-0.2, 0) is 24.1 Å². The highest BCUT2D eigenvalue weighted by Crippen LogP contribution is 2.27. The van der Waals surface area contributed by atoms with Crippen LogP contribution in [0.3, 0.4) is 0 Å². The number of aliphatic hydroxyl groups is 6. The molecule has 0 aliphatic carbocycles. The van der Waals surface area contributed by atoms with Crippen LogP contribution in [0.15, 0.2) is 54.6 Å². The van der Waals surface area contributed by atoms with Crippen molar-refractivity contribution >= 4 is 11.9 Å². The Morgan fingerprint density at radius 3 is 1.35 bits per heavy atom. The number of benzene rings is 1. The van der Waals surface area contributed by atoms with E-state index in [1.807, 2.05) is 18.2 Å². The molecule has 0 aliphatic heterocycles. The first-order valence-electron chi connectivity index (χ1n) is 17.1. The highest BCUT2D eigenvalue weighted by Gasteiger charge is 2.39. The number of para-hydroxylation sites is 1. The van der Waals surface area contributed by atoms with E-state index in [2.05, 4.69) is 20.1 Å². The zero-order chi connectivity index (χ0) is 39.4. The van der Waals surface area contributed by atoms with E-state index < -0.39 is 17.7 Å². The zero-order valence-corrected chi connectivity index (χ0v) is 32.0. The lowest BCUT2D eigenvalue weighted by Gasteiger charge is -2.31. The van der Waals surface area contributed by atoms with Crippen molar-refractivity contribution < 1.29 is 59.5 Å². The average molecular weight is 709 g/mol. The molecule has 12 heteroatoms. The van der Waals surface area contributed by atoms with Gasteiger partial charge in [0, 0.05) is 57.2 Å². The van der Waals surface area contributed by atoms with Crippen molar-refractivity contribution in [3.05, 3.63) is 54.6 Å². The minimum Gasteiger partial charge on any atom is -0.455 e. The summed E-state index contributed by atoms with van der Waals surface area (Å²) in [6, 6.07) is 8.99. The maximum atomic E-state index is 12.0. The third-order valence-electron chi connectivity index (χ3n) is 4.60. The molecule has 1 atom stereocenters. The lowest BCUT2D eigenvalue weighted by Crippen LogP contribution is -2.45. The second-order valence-corrected chi connectivity index (χ2v) is 9.69. The molecule has 1 rings (SSSR count). The summed E-state index contributed by atoms with van der Waals surface area (Å²) in [4.78, 5) is 34.4. The van der Waals surface area contributed by atoms with E-state index in [-0.39, 0.29) is 57.4 Å². The van der Waals surface area contributed by atoms with Gasteiger partial charge >= 0.3 is 11.9 Å². The highest BCUT2D eigenvalue weighted by molar-refractivity contribution is 5.87. The summed E-state index contributed by atoms with van der Waals surface area (Å²) in [6.45, 7) is 23.7. The highest BCUT2D eigenvalue weighted by atomic mass is 17.2. The van der Waals surface area contributed by atoms with Crippen molar-refractivity contribution in [2.45, 2.75) is 119 Å². The summed E-state index contributed by atoms with van der Waals surface area (Å²) in [5, 5.41) is 45.4. The smallest absolute Gasteiger partial charge is 0.368 e. The SMILES string of the molecule is C=C(C)C(=O)OCC(CCCCCCCCC)(OOC(=O)C(=C)C)Oc1ccccc1.CCO.CCO.CCO.CCO.CCO.CCO. The molecular weight excluding hydrogens is 636 g/mol. The van der Waals surface area contributed by atoms with Gasteiger partial charge in [0.1, 0.15) is 5.75 Å². The molecule has 0 heterocycles. The number of ether oxygens (including phenoxy) is 2. The molecule has 0 amide bonds. The fourth-order valence-corrected chi connectivity index (χ4v) is 2.77. The van der Waals surface area contributed by atoms with Crippen LogP contribution in [-0.4, -0.2) is 94.6 Å². The summed E-state index contributed by atoms with van der Waals surface area (Å²) in [5.41, 5.74) is 0.437. The van der Waals surface area contributed by atoms with E-state index >= 15 is 0 Å². The van der Waals surface area contributed by atoms with E-state index in [1.54, 1.807) is 60.6 Å². The first-order valence-corrected chi connectivity index (χ1v) is 17.1. The number of hydrogen-bond donors (Lipinski definition) is 6. The van der Waals surface area contributed by atoms with Crippen molar-refractivity contribution in [1.82, 2.24) is 0 Å². The Labute approximate surface area is 297 Å². The standard InChI is InChI=1S/C25H36O6.6C2H6O/c1-6-7-8-9-10-11-15-18-25(19-28-23(26)20(2)3,31-30-24(27)21(4)5)29-22-16-13-12-14-17-22;6*1-2-3/h12-14,16-17H,2,4,6-11,15,18-19H2,1,3,5H3;6*3H,2H2,1H3. The van der Waals surface area contributed by atoms with Gasteiger partial charge < -0.3 is 40.1 Å². The molecule has 0 saturated carbocycles. The largest absolute Gasteiger partial charge is 0.455 e. The van der Waals surface area contributed by atoms with Gasteiger partial charge in [0.25, 0.3) is 5.79 Å². The van der Waals surface area contributed by atoms with Crippen LogP contribution in [0, 0.1) is 0 Å². The van der Waals surface area contributed by atoms with E-state index in [0.29, 0.717) is 12.2 Å². The molecule has 1 aromatic rings. The van der Waals surface area contributed by atoms with Crippen LogP contribution < -0.4 is 4.74 Å². The first kappa shape index (κ1) is 58.4. The molecule has 49 heavy (non-hydrogen) atoms. The third kappa shape index (κ3) is 52.2. The van der Waals surface area contributed by atoms with E-state index in [4.69, 9.17) is 49.9 Å². The number of carbonyl (C=O) groups excluding carboxylic acids is 2. The molecule has 1 aromatic carbocycles. The van der Waals surface area contributed by atoms with Gasteiger partial charge in [0.15, 0.2) is 6.61 Å². The Morgan fingerprint density at radius 2 is 0.980 bits per heavy atom. The Balaban J connectivity index is -0.000000213. The second-order valence-electron chi connectivity index (χ2n) is 9.69. The lowest BCUT2D eigenvalue weighted by molar-refractivity contribution is -0.391. The van der Waals surface area contributed by atoms with Crippen LogP contribution >= 0.6 is 0 Å². The van der Waals surface area contributed by atoms with Gasteiger partial charge in [-0.2, -0.15) is 0 Å². The van der Waals surface area contributed by atoms with Gasteiger partial charge in [0.05, 0.1) is 0 Å². The second kappa shape index (κ2) is 49.5. The van der Waals surface area contributed by atoms with Gasteiger partial charge in [-0.1, -0.05) is 76.8 Å². The van der Waals surface area contributed by atoms with Gasteiger partial charge in [-0.05, 0) is 73.9 Å². The zero-order valence-electron chi connectivity index (χ0n) is 32.0. The summed E-state index contributed by atoms with van der Waals surface area (Å²) in [6.07, 6.45) is 7.95. The molecular formula is C37H72O12. The Kier molecular flexibility index (Phi) is 59.0. The minimum absolute atomic E-state index is 0.184. The average Bonchev–Trinajstić information content (AvgIpc) is 3.04. The number of aliphatic hydroxyl groups excluding tert-OH is 6. The molecule has 6 N–H and O–H groups in total. The molecule has 0 fully saturated rings. The third-order valence-corrected chi connectivity index (χ3v) is 4.60. The van der Waals surface area contributed by atoms with Crippen molar-refractivity contribution in [1.29, 1.82) is 0 Å². The molecule has 0 saturated heterocycles. The topological polar surface area (TPSA) is 192 Å². The maximum absolute atomic E-state index is 12.0. The van der Waals surface area contributed by atoms with Gasteiger partial charge in [-0.15, -0.1) is 4.89 Å². The predicted molar refractivity (Wildman–Crippen MR) is 197 cm³/mol. The van der Waals surface area contributed by atoms with Crippen molar-refractivity contribution in [2.75, 3.05) is 46.2 Å². The van der Waals surface area contributed by atoms with E-state index in [0.717, 1.165) is 25.7 Å². The number of rotatable bonds is 16. The van der Waals surface area contributed by atoms with Crippen LogP contribution in [0.5, 0.6) is 5.75 Å². The van der Waals surface area contributed by atoms with Crippen LogP contribution in [0.25, 0.3) is 0 Å². The summed E-state index contributed by atoms with van der Waals surface area (Å²) >= 11 is 0. The number of hydrogen-bond acceptors (Lipinski definition) is 12. The Hall–Kier alpha value is -2.84. The first-order chi connectivity index (χ1) is 23.3.